The first-order chi connectivity index (χ1) is 6.66. The maximum Gasteiger partial charge on any atom is 0.145 e. The lowest BCUT2D eigenvalue weighted by Crippen LogP contribution is -2.44. The Morgan fingerprint density at radius 1 is 1.29 bits per heavy atom. The third-order valence-electron chi connectivity index (χ3n) is 3.94. The molecule has 2 atom stereocenters. The zero-order chi connectivity index (χ0) is 9.81. The van der Waals surface area contributed by atoms with Crippen LogP contribution in [0.5, 0.6) is 0 Å². The summed E-state index contributed by atoms with van der Waals surface area (Å²) in [6.45, 7) is 5.30. The summed E-state index contributed by atoms with van der Waals surface area (Å²) in [5, 5.41) is 3.49. The molecule has 1 aromatic rings. The minimum Gasteiger partial charge on any atom is -0.357 e. The highest BCUT2D eigenvalue weighted by atomic mass is 16.5. The van der Waals surface area contributed by atoms with Gasteiger partial charge >= 0.3 is 0 Å². The van der Waals surface area contributed by atoms with Crippen LogP contribution in [-0.2, 0) is 10.2 Å². The van der Waals surface area contributed by atoms with Crippen molar-refractivity contribution in [1.82, 2.24) is 0 Å². The number of anilines is 1. The molecule has 2 heterocycles. The Labute approximate surface area is 84.3 Å². The molecule has 0 bridgehead atoms. The van der Waals surface area contributed by atoms with Crippen molar-refractivity contribution in [3.63, 3.8) is 0 Å². The van der Waals surface area contributed by atoms with E-state index in [2.05, 4.69) is 43.4 Å². The van der Waals surface area contributed by atoms with Crippen LogP contribution in [0.4, 0.5) is 5.69 Å². The SMILES string of the molecule is C[C@@]12Nc3ccccc3[C@]1(C)CCO2. The predicted molar refractivity (Wildman–Crippen MR) is 56.4 cm³/mol. The molecule has 1 saturated heterocycles. The van der Waals surface area contributed by atoms with Gasteiger partial charge < -0.3 is 10.1 Å². The van der Waals surface area contributed by atoms with Crippen LogP contribution in [0.25, 0.3) is 0 Å². The quantitative estimate of drug-likeness (QED) is 0.677. The van der Waals surface area contributed by atoms with E-state index in [0.717, 1.165) is 13.0 Å². The Balaban J connectivity index is 2.22. The molecular weight excluding hydrogens is 174 g/mol. The number of ether oxygens (including phenoxy) is 1. The number of hydrogen-bond acceptors (Lipinski definition) is 2. The van der Waals surface area contributed by atoms with E-state index in [9.17, 15) is 0 Å². The summed E-state index contributed by atoms with van der Waals surface area (Å²) in [4.78, 5) is 0. The fourth-order valence-electron chi connectivity index (χ4n) is 2.75. The predicted octanol–water partition coefficient (Wildman–Crippen LogP) is 2.51. The average Bonchev–Trinajstić information content (AvgIpc) is 2.54. The zero-order valence-electron chi connectivity index (χ0n) is 8.63. The molecule has 0 aromatic heterocycles. The molecule has 2 nitrogen and oxygen atoms in total. The van der Waals surface area contributed by atoms with Gasteiger partial charge in [0, 0.05) is 11.1 Å². The normalized spacial score (nSPS) is 39.0. The van der Waals surface area contributed by atoms with Gasteiger partial charge in [0.05, 0.1) is 6.61 Å². The van der Waals surface area contributed by atoms with Gasteiger partial charge in [-0.25, -0.2) is 0 Å². The van der Waals surface area contributed by atoms with Crippen LogP contribution in [-0.4, -0.2) is 12.3 Å². The first-order valence-electron chi connectivity index (χ1n) is 5.17. The third-order valence-corrected chi connectivity index (χ3v) is 3.94. The zero-order valence-corrected chi connectivity index (χ0v) is 8.63. The molecule has 0 unspecified atom stereocenters. The maximum atomic E-state index is 5.84. The highest BCUT2D eigenvalue weighted by Gasteiger charge is 2.56. The molecule has 14 heavy (non-hydrogen) atoms. The van der Waals surface area contributed by atoms with Crippen molar-refractivity contribution in [3.05, 3.63) is 29.8 Å². The molecule has 0 aliphatic carbocycles. The molecular formula is C12H15NO. The molecule has 1 N–H and O–H groups in total. The lowest BCUT2D eigenvalue weighted by atomic mass is 9.76. The maximum absolute atomic E-state index is 5.84. The number of rotatable bonds is 0. The highest BCUT2D eigenvalue weighted by Crippen LogP contribution is 2.53. The summed E-state index contributed by atoms with van der Waals surface area (Å²) in [6.07, 6.45) is 1.10. The van der Waals surface area contributed by atoms with Crippen LogP contribution < -0.4 is 5.32 Å². The summed E-state index contributed by atoms with van der Waals surface area (Å²) in [7, 11) is 0. The minimum atomic E-state index is -0.198. The first kappa shape index (κ1) is 8.30. The van der Waals surface area contributed by atoms with Gasteiger partial charge in [-0.2, -0.15) is 0 Å². The summed E-state index contributed by atoms with van der Waals surface area (Å²) >= 11 is 0. The van der Waals surface area contributed by atoms with Gasteiger partial charge in [0.1, 0.15) is 5.72 Å². The molecule has 0 amide bonds. The minimum absolute atomic E-state index is 0.142. The van der Waals surface area contributed by atoms with Crippen LogP contribution >= 0.6 is 0 Å². The van der Waals surface area contributed by atoms with Gasteiger partial charge in [0.15, 0.2) is 0 Å². The van der Waals surface area contributed by atoms with E-state index in [0.29, 0.717) is 0 Å². The number of fused-ring (bicyclic) bond motifs is 3. The Kier molecular flexibility index (Phi) is 1.37. The Morgan fingerprint density at radius 2 is 2.07 bits per heavy atom. The second kappa shape index (κ2) is 2.31. The second-order valence-electron chi connectivity index (χ2n) is 4.63. The summed E-state index contributed by atoms with van der Waals surface area (Å²) in [5.74, 6) is 0. The van der Waals surface area contributed by atoms with E-state index in [1.165, 1.54) is 11.3 Å². The lowest BCUT2D eigenvalue weighted by molar-refractivity contribution is 0.0182. The molecule has 74 valence electrons. The van der Waals surface area contributed by atoms with E-state index >= 15 is 0 Å². The van der Waals surface area contributed by atoms with Crippen molar-refractivity contribution in [2.45, 2.75) is 31.4 Å². The van der Waals surface area contributed by atoms with Gasteiger partial charge in [0.25, 0.3) is 0 Å². The number of para-hydroxylation sites is 1. The van der Waals surface area contributed by atoms with Gasteiger partial charge in [-0.1, -0.05) is 25.1 Å². The smallest absolute Gasteiger partial charge is 0.145 e. The monoisotopic (exact) mass is 189 g/mol. The van der Waals surface area contributed by atoms with Gasteiger partial charge in [0.2, 0.25) is 0 Å². The Hall–Kier alpha value is -1.02. The van der Waals surface area contributed by atoms with Gasteiger partial charge in [-0.05, 0) is 25.0 Å². The Bertz CT molecular complexity index is 390. The second-order valence-corrected chi connectivity index (χ2v) is 4.63. The molecule has 2 aliphatic rings. The Morgan fingerprint density at radius 3 is 2.93 bits per heavy atom. The largest absolute Gasteiger partial charge is 0.357 e. The van der Waals surface area contributed by atoms with E-state index in [-0.39, 0.29) is 11.1 Å². The van der Waals surface area contributed by atoms with Crippen molar-refractivity contribution in [3.8, 4) is 0 Å². The highest BCUT2D eigenvalue weighted by molar-refractivity contribution is 5.63. The molecule has 1 aromatic carbocycles. The van der Waals surface area contributed by atoms with E-state index in [1.807, 2.05) is 0 Å². The third kappa shape index (κ3) is 0.758. The molecule has 3 rings (SSSR count). The van der Waals surface area contributed by atoms with Crippen LogP contribution in [0, 0.1) is 0 Å². The molecule has 0 spiro atoms. The molecule has 1 fully saturated rings. The molecule has 2 heteroatoms. The average molecular weight is 189 g/mol. The van der Waals surface area contributed by atoms with Gasteiger partial charge in [-0.3, -0.25) is 0 Å². The fourth-order valence-corrected chi connectivity index (χ4v) is 2.75. The van der Waals surface area contributed by atoms with E-state index < -0.39 is 0 Å². The number of nitrogens with one attached hydrogen (secondary N) is 1. The molecule has 0 radical (unpaired) electrons. The van der Waals surface area contributed by atoms with Crippen molar-refractivity contribution in [2.75, 3.05) is 11.9 Å². The molecule has 2 aliphatic heterocycles. The van der Waals surface area contributed by atoms with Crippen molar-refractivity contribution < 1.29 is 4.74 Å². The van der Waals surface area contributed by atoms with Crippen molar-refractivity contribution in [2.24, 2.45) is 0 Å². The summed E-state index contributed by atoms with van der Waals surface area (Å²) in [5.41, 5.74) is 2.58. The van der Waals surface area contributed by atoms with Crippen LogP contribution in [0.2, 0.25) is 0 Å². The van der Waals surface area contributed by atoms with Gasteiger partial charge in [-0.15, -0.1) is 0 Å². The van der Waals surface area contributed by atoms with Crippen LogP contribution in [0.15, 0.2) is 24.3 Å². The van der Waals surface area contributed by atoms with E-state index in [1.54, 1.807) is 0 Å². The topological polar surface area (TPSA) is 21.3 Å². The molecule has 0 saturated carbocycles. The summed E-state index contributed by atoms with van der Waals surface area (Å²) in [6, 6.07) is 8.52. The first-order valence-corrected chi connectivity index (χ1v) is 5.17. The van der Waals surface area contributed by atoms with Crippen molar-refractivity contribution in [1.29, 1.82) is 0 Å². The fraction of sp³-hybridized carbons (Fsp3) is 0.500. The van der Waals surface area contributed by atoms with Crippen molar-refractivity contribution >= 4 is 5.69 Å². The van der Waals surface area contributed by atoms with Crippen LogP contribution in [0.3, 0.4) is 0 Å². The lowest BCUT2D eigenvalue weighted by Gasteiger charge is -2.32. The van der Waals surface area contributed by atoms with Crippen LogP contribution in [0.1, 0.15) is 25.8 Å². The number of benzene rings is 1. The summed E-state index contributed by atoms with van der Waals surface area (Å²) < 4.78 is 5.84. The standard InChI is InChI=1S/C12H15NO/c1-11-7-8-14-12(11,2)13-10-6-4-3-5-9(10)11/h3-6,13H,7-8H2,1-2H3/t11-,12-/m0/s1. The van der Waals surface area contributed by atoms with E-state index in [4.69, 9.17) is 4.74 Å². The number of hydrogen-bond donors (Lipinski definition) is 1.